The smallest absolute Gasteiger partial charge is 0.127 e. The van der Waals surface area contributed by atoms with Gasteiger partial charge in [-0.15, -0.1) is 11.3 Å². The van der Waals surface area contributed by atoms with Crippen molar-refractivity contribution in [2.45, 2.75) is 33.4 Å². The number of rotatable bonds is 6. The summed E-state index contributed by atoms with van der Waals surface area (Å²) in [6.07, 6.45) is 0. The summed E-state index contributed by atoms with van der Waals surface area (Å²) in [6.45, 7) is 7.04. The van der Waals surface area contributed by atoms with Crippen molar-refractivity contribution in [3.05, 3.63) is 39.3 Å². The molecule has 0 bridgehead atoms. The minimum absolute atomic E-state index is 0.188. The fourth-order valence-electron chi connectivity index (χ4n) is 2.27. The van der Waals surface area contributed by atoms with Gasteiger partial charge in [-0.3, -0.25) is 0 Å². The maximum atomic E-state index is 5.46. The number of thiazole rings is 1. The monoisotopic (exact) mass is 306 g/mol. The Labute approximate surface area is 130 Å². The van der Waals surface area contributed by atoms with Crippen LogP contribution in [0.25, 0.3) is 0 Å². The largest absolute Gasteiger partial charge is 0.497 e. The number of ether oxygens (including phenoxy) is 2. The van der Waals surface area contributed by atoms with Crippen LogP contribution in [0.1, 0.15) is 34.1 Å². The molecule has 1 aromatic heterocycles. The third-order valence-corrected chi connectivity index (χ3v) is 4.55. The first kappa shape index (κ1) is 15.8. The molecule has 0 fully saturated rings. The molecule has 1 heterocycles. The van der Waals surface area contributed by atoms with E-state index in [1.807, 2.05) is 25.1 Å². The quantitative estimate of drug-likeness (QED) is 0.885. The second-order valence-electron chi connectivity index (χ2n) is 4.95. The molecule has 5 heteroatoms. The average molecular weight is 306 g/mol. The first-order valence-electron chi connectivity index (χ1n) is 6.93. The maximum Gasteiger partial charge on any atom is 0.127 e. The molecule has 0 saturated carbocycles. The van der Waals surface area contributed by atoms with Gasteiger partial charge in [-0.05, 0) is 26.8 Å². The molecule has 0 aliphatic rings. The molecule has 0 spiro atoms. The van der Waals surface area contributed by atoms with Gasteiger partial charge < -0.3 is 14.8 Å². The van der Waals surface area contributed by atoms with Gasteiger partial charge in [-0.1, -0.05) is 6.07 Å². The fourth-order valence-corrected chi connectivity index (χ4v) is 3.16. The van der Waals surface area contributed by atoms with E-state index in [0.29, 0.717) is 0 Å². The van der Waals surface area contributed by atoms with E-state index < -0.39 is 0 Å². The van der Waals surface area contributed by atoms with Crippen molar-refractivity contribution in [3.63, 3.8) is 0 Å². The van der Waals surface area contributed by atoms with Gasteiger partial charge in [-0.2, -0.15) is 0 Å². The SMILES string of the molecule is COc1ccc(C(C)NCc2sc(C)nc2C)c(OC)c1. The van der Waals surface area contributed by atoms with Crippen molar-refractivity contribution < 1.29 is 9.47 Å². The second kappa shape index (κ2) is 6.91. The summed E-state index contributed by atoms with van der Waals surface area (Å²) in [5.74, 6) is 1.64. The van der Waals surface area contributed by atoms with Gasteiger partial charge in [0, 0.05) is 29.1 Å². The molecule has 2 rings (SSSR count). The number of benzene rings is 1. The van der Waals surface area contributed by atoms with Crippen LogP contribution in [0.2, 0.25) is 0 Å². The summed E-state index contributed by atoms with van der Waals surface area (Å²) in [7, 11) is 3.34. The molecule has 4 nitrogen and oxygen atoms in total. The molecule has 21 heavy (non-hydrogen) atoms. The number of hydrogen-bond acceptors (Lipinski definition) is 5. The van der Waals surface area contributed by atoms with Gasteiger partial charge in [-0.25, -0.2) is 4.98 Å². The Hall–Kier alpha value is -1.59. The van der Waals surface area contributed by atoms with Crippen LogP contribution < -0.4 is 14.8 Å². The summed E-state index contributed by atoms with van der Waals surface area (Å²) in [6, 6.07) is 6.10. The molecule has 2 aromatic rings. The van der Waals surface area contributed by atoms with Crippen LogP contribution in [0.5, 0.6) is 11.5 Å². The summed E-state index contributed by atoms with van der Waals surface area (Å²) < 4.78 is 10.7. The van der Waals surface area contributed by atoms with Gasteiger partial charge in [0.25, 0.3) is 0 Å². The number of nitrogens with one attached hydrogen (secondary N) is 1. The van der Waals surface area contributed by atoms with Gasteiger partial charge in [0.1, 0.15) is 11.5 Å². The molecule has 1 N–H and O–H groups in total. The third kappa shape index (κ3) is 3.74. The minimum Gasteiger partial charge on any atom is -0.497 e. The van der Waals surface area contributed by atoms with Crippen molar-refractivity contribution in [2.75, 3.05) is 14.2 Å². The van der Waals surface area contributed by atoms with Crippen LogP contribution in [0.4, 0.5) is 0 Å². The fraction of sp³-hybridized carbons (Fsp3) is 0.438. The molecule has 0 aliphatic carbocycles. The molecule has 0 aliphatic heterocycles. The highest BCUT2D eigenvalue weighted by Gasteiger charge is 2.13. The van der Waals surface area contributed by atoms with Crippen LogP contribution in [0, 0.1) is 13.8 Å². The predicted octanol–water partition coefficient (Wildman–Crippen LogP) is 3.63. The zero-order valence-corrected chi connectivity index (χ0v) is 14.0. The molecular weight excluding hydrogens is 284 g/mol. The van der Waals surface area contributed by atoms with Gasteiger partial charge >= 0.3 is 0 Å². The summed E-state index contributed by atoms with van der Waals surface area (Å²) >= 11 is 1.74. The standard InChI is InChI=1S/C16H22N2O2S/c1-10(17-9-16-11(2)18-12(3)21-16)14-7-6-13(19-4)8-15(14)20-5/h6-8,10,17H,9H2,1-5H3. The maximum absolute atomic E-state index is 5.46. The van der Waals surface area contributed by atoms with Crippen molar-refractivity contribution in [1.82, 2.24) is 10.3 Å². The van der Waals surface area contributed by atoms with E-state index in [-0.39, 0.29) is 6.04 Å². The molecular formula is C16H22N2O2S. The normalized spacial score (nSPS) is 12.2. The average Bonchev–Trinajstić information content (AvgIpc) is 2.81. The molecule has 0 radical (unpaired) electrons. The Morgan fingerprint density at radius 2 is 2.00 bits per heavy atom. The Kier molecular flexibility index (Phi) is 5.20. The number of nitrogens with zero attached hydrogens (tertiary/aromatic N) is 1. The Balaban J connectivity index is 2.09. The molecule has 0 amide bonds. The lowest BCUT2D eigenvalue weighted by Crippen LogP contribution is -2.18. The topological polar surface area (TPSA) is 43.4 Å². The minimum atomic E-state index is 0.188. The van der Waals surface area contributed by atoms with Crippen molar-refractivity contribution in [3.8, 4) is 11.5 Å². The van der Waals surface area contributed by atoms with E-state index >= 15 is 0 Å². The Bertz CT molecular complexity index is 610. The Morgan fingerprint density at radius 3 is 2.57 bits per heavy atom. The van der Waals surface area contributed by atoms with E-state index in [1.165, 1.54) is 4.88 Å². The Morgan fingerprint density at radius 1 is 1.24 bits per heavy atom. The van der Waals surface area contributed by atoms with Gasteiger partial charge in [0.15, 0.2) is 0 Å². The highest BCUT2D eigenvalue weighted by atomic mass is 32.1. The van der Waals surface area contributed by atoms with Crippen LogP contribution in [-0.4, -0.2) is 19.2 Å². The van der Waals surface area contributed by atoms with Crippen LogP contribution in [0.15, 0.2) is 18.2 Å². The zero-order chi connectivity index (χ0) is 15.4. The molecule has 0 saturated heterocycles. The number of aromatic nitrogens is 1. The van der Waals surface area contributed by atoms with E-state index in [1.54, 1.807) is 25.6 Å². The van der Waals surface area contributed by atoms with Crippen LogP contribution in [-0.2, 0) is 6.54 Å². The van der Waals surface area contributed by atoms with Crippen molar-refractivity contribution >= 4 is 11.3 Å². The van der Waals surface area contributed by atoms with Crippen molar-refractivity contribution in [1.29, 1.82) is 0 Å². The van der Waals surface area contributed by atoms with E-state index in [9.17, 15) is 0 Å². The zero-order valence-electron chi connectivity index (χ0n) is 13.2. The van der Waals surface area contributed by atoms with Crippen LogP contribution >= 0.6 is 11.3 Å². The lowest BCUT2D eigenvalue weighted by Gasteiger charge is -2.17. The number of aryl methyl sites for hydroxylation is 2. The number of methoxy groups -OCH3 is 2. The first-order valence-corrected chi connectivity index (χ1v) is 7.75. The lowest BCUT2D eigenvalue weighted by atomic mass is 10.1. The number of hydrogen-bond donors (Lipinski definition) is 1. The highest BCUT2D eigenvalue weighted by Crippen LogP contribution is 2.29. The summed E-state index contributed by atoms with van der Waals surface area (Å²) in [5.41, 5.74) is 2.23. The van der Waals surface area contributed by atoms with Gasteiger partial charge in [0.2, 0.25) is 0 Å². The highest BCUT2D eigenvalue weighted by molar-refractivity contribution is 7.11. The summed E-state index contributed by atoms with van der Waals surface area (Å²) in [4.78, 5) is 5.74. The van der Waals surface area contributed by atoms with E-state index in [2.05, 4.69) is 24.1 Å². The third-order valence-electron chi connectivity index (χ3n) is 3.48. The summed E-state index contributed by atoms with van der Waals surface area (Å²) in [5, 5.41) is 4.64. The lowest BCUT2D eigenvalue weighted by molar-refractivity contribution is 0.386. The van der Waals surface area contributed by atoms with E-state index in [4.69, 9.17) is 9.47 Å². The van der Waals surface area contributed by atoms with Crippen molar-refractivity contribution in [2.24, 2.45) is 0 Å². The van der Waals surface area contributed by atoms with Gasteiger partial charge in [0.05, 0.1) is 24.9 Å². The predicted molar refractivity (Wildman–Crippen MR) is 86.4 cm³/mol. The second-order valence-corrected chi connectivity index (χ2v) is 6.24. The van der Waals surface area contributed by atoms with Crippen LogP contribution in [0.3, 0.4) is 0 Å². The molecule has 114 valence electrons. The van der Waals surface area contributed by atoms with E-state index in [0.717, 1.165) is 34.3 Å². The first-order chi connectivity index (χ1) is 10.0. The molecule has 1 atom stereocenters. The molecule has 1 unspecified atom stereocenters. The molecule has 1 aromatic carbocycles.